The van der Waals surface area contributed by atoms with E-state index in [4.69, 9.17) is 9.47 Å². The third-order valence-corrected chi connectivity index (χ3v) is 6.12. The van der Waals surface area contributed by atoms with Crippen LogP contribution in [0.4, 0.5) is 0 Å². The van der Waals surface area contributed by atoms with E-state index in [1.807, 2.05) is 16.7 Å². The summed E-state index contributed by atoms with van der Waals surface area (Å²) in [6.45, 7) is 3.62. The number of ether oxygens (including phenoxy) is 2. The highest BCUT2D eigenvalue weighted by molar-refractivity contribution is 9.10. The van der Waals surface area contributed by atoms with Gasteiger partial charge < -0.3 is 14.0 Å². The summed E-state index contributed by atoms with van der Waals surface area (Å²) in [5.74, 6) is 2.56. The summed E-state index contributed by atoms with van der Waals surface area (Å²) >= 11 is 3.58. The van der Waals surface area contributed by atoms with Crippen molar-refractivity contribution >= 4 is 15.9 Å². The molecule has 26 heavy (non-hydrogen) atoms. The number of rotatable bonds is 4. The van der Waals surface area contributed by atoms with Gasteiger partial charge in [-0.15, -0.1) is 0 Å². The van der Waals surface area contributed by atoms with E-state index in [2.05, 4.69) is 33.0 Å². The first-order valence-electron chi connectivity index (χ1n) is 8.91. The van der Waals surface area contributed by atoms with Crippen molar-refractivity contribution in [1.82, 2.24) is 9.47 Å². The Kier molecular flexibility index (Phi) is 4.80. The molecule has 4 rings (SSSR count). The highest BCUT2D eigenvalue weighted by Crippen LogP contribution is 2.38. The Bertz CT molecular complexity index is 880. The maximum absolute atomic E-state index is 12.2. The van der Waals surface area contributed by atoms with Gasteiger partial charge in [-0.2, -0.15) is 0 Å². The summed E-state index contributed by atoms with van der Waals surface area (Å²) in [5.41, 5.74) is 2.46. The monoisotopic (exact) mass is 418 g/mol. The highest BCUT2D eigenvalue weighted by Gasteiger charge is 2.34. The van der Waals surface area contributed by atoms with E-state index < -0.39 is 0 Å². The number of nitrogens with zero attached hydrogens (tertiary/aromatic N) is 2. The van der Waals surface area contributed by atoms with Crippen molar-refractivity contribution in [3.05, 3.63) is 56.4 Å². The quantitative estimate of drug-likeness (QED) is 0.764. The van der Waals surface area contributed by atoms with Crippen LogP contribution in [-0.2, 0) is 13.1 Å². The van der Waals surface area contributed by atoms with Gasteiger partial charge in [-0.25, -0.2) is 0 Å². The number of hydrogen-bond acceptors (Lipinski definition) is 4. The molecule has 138 valence electrons. The highest BCUT2D eigenvalue weighted by atomic mass is 79.9. The minimum Gasteiger partial charge on any atom is -0.496 e. The topological polar surface area (TPSA) is 43.7 Å². The Morgan fingerprint density at radius 2 is 1.92 bits per heavy atom. The number of halogens is 1. The van der Waals surface area contributed by atoms with Crippen LogP contribution >= 0.6 is 15.9 Å². The molecule has 2 aliphatic heterocycles. The minimum absolute atomic E-state index is 0.131. The molecule has 3 heterocycles. The predicted molar refractivity (Wildman–Crippen MR) is 104 cm³/mol. The van der Waals surface area contributed by atoms with Gasteiger partial charge in [0.1, 0.15) is 11.5 Å². The van der Waals surface area contributed by atoms with E-state index in [0.29, 0.717) is 11.8 Å². The molecule has 1 saturated heterocycles. The second-order valence-electron chi connectivity index (χ2n) is 7.19. The summed E-state index contributed by atoms with van der Waals surface area (Å²) in [6, 6.07) is 9.68. The number of methoxy groups -OCH3 is 2. The average Bonchev–Trinajstić information content (AvgIpc) is 2.63. The van der Waals surface area contributed by atoms with Crippen molar-refractivity contribution in [2.24, 2.45) is 5.92 Å². The smallest absolute Gasteiger partial charge is 0.250 e. The fraction of sp³-hybridized carbons (Fsp3) is 0.450. The second kappa shape index (κ2) is 7.08. The lowest BCUT2D eigenvalue weighted by Crippen LogP contribution is -2.46. The zero-order valence-electron chi connectivity index (χ0n) is 15.1. The molecule has 2 aliphatic rings. The molecule has 2 unspecified atom stereocenters. The Morgan fingerprint density at radius 1 is 1.12 bits per heavy atom. The molecule has 5 nitrogen and oxygen atoms in total. The first-order chi connectivity index (χ1) is 12.6. The van der Waals surface area contributed by atoms with Crippen LogP contribution in [0, 0.1) is 5.92 Å². The lowest BCUT2D eigenvalue weighted by atomic mass is 9.83. The SMILES string of the molecule is COc1cc(OC)c(CN2CC3CC(C2)c2cccc(=O)n2C3)cc1Br. The molecule has 0 spiro atoms. The molecule has 1 fully saturated rings. The van der Waals surface area contributed by atoms with Crippen LogP contribution in [-0.4, -0.2) is 36.8 Å². The summed E-state index contributed by atoms with van der Waals surface area (Å²) in [6.07, 6.45) is 1.17. The standard InChI is InChI=1S/C20H23BrN2O3/c1-25-18-8-19(26-2)16(21)7-15(18)12-22-9-13-6-14(11-22)17-4-3-5-20(24)23(17)10-13/h3-5,7-8,13-14H,6,9-12H2,1-2H3. The van der Waals surface area contributed by atoms with Crippen LogP contribution in [0.15, 0.2) is 39.6 Å². The van der Waals surface area contributed by atoms with Crippen molar-refractivity contribution in [2.45, 2.75) is 25.4 Å². The van der Waals surface area contributed by atoms with Gasteiger partial charge in [-0.3, -0.25) is 9.69 Å². The van der Waals surface area contributed by atoms with Crippen LogP contribution in [0.25, 0.3) is 0 Å². The Labute approximate surface area is 161 Å². The number of pyridine rings is 1. The molecule has 1 aromatic carbocycles. The molecule has 2 aromatic rings. The second-order valence-corrected chi connectivity index (χ2v) is 8.05. The van der Waals surface area contributed by atoms with E-state index in [1.165, 1.54) is 12.1 Å². The lowest BCUT2D eigenvalue weighted by molar-refractivity contribution is 0.113. The summed E-state index contributed by atoms with van der Waals surface area (Å²) in [7, 11) is 3.35. The third kappa shape index (κ3) is 3.16. The first-order valence-corrected chi connectivity index (χ1v) is 9.71. The molecule has 0 radical (unpaired) electrons. The van der Waals surface area contributed by atoms with Crippen LogP contribution < -0.4 is 15.0 Å². The van der Waals surface area contributed by atoms with E-state index >= 15 is 0 Å². The Hall–Kier alpha value is -1.79. The molecule has 0 N–H and O–H groups in total. The van der Waals surface area contributed by atoms with Crippen molar-refractivity contribution in [3.63, 3.8) is 0 Å². The van der Waals surface area contributed by atoms with Crippen molar-refractivity contribution in [1.29, 1.82) is 0 Å². The van der Waals surface area contributed by atoms with Crippen LogP contribution in [0.1, 0.15) is 23.6 Å². The lowest BCUT2D eigenvalue weighted by Gasteiger charge is -2.43. The van der Waals surface area contributed by atoms with Crippen molar-refractivity contribution in [2.75, 3.05) is 27.3 Å². The number of benzene rings is 1. The molecule has 6 heteroatoms. The van der Waals surface area contributed by atoms with Gasteiger partial charge in [0, 0.05) is 55.5 Å². The van der Waals surface area contributed by atoms with E-state index in [1.54, 1.807) is 20.3 Å². The molecular formula is C20H23BrN2O3. The van der Waals surface area contributed by atoms with Crippen LogP contribution in [0.5, 0.6) is 11.5 Å². The summed E-state index contributed by atoms with van der Waals surface area (Å²) in [5, 5.41) is 0. The van der Waals surface area contributed by atoms with Gasteiger partial charge in [-0.05, 0) is 40.4 Å². The van der Waals surface area contributed by atoms with Gasteiger partial charge in [0.2, 0.25) is 0 Å². The zero-order chi connectivity index (χ0) is 18.3. The first kappa shape index (κ1) is 17.6. The number of hydrogen-bond donors (Lipinski definition) is 0. The number of aromatic nitrogens is 1. The number of fused-ring (bicyclic) bond motifs is 4. The normalized spacial score (nSPS) is 22.0. The molecule has 2 atom stereocenters. The largest absolute Gasteiger partial charge is 0.496 e. The van der Waals surface area contributed by atoms with Gasteiger partial charge >= 0.3 is 0 Å². The Morgan fingerprint density at radius 3 is 2.69 bits per heavy atom. The third-order valence-electron chi connectivity index (χ3n) is 5.50. The molecule has 2 bridgehead atoms. The number of piperidine rings is 1. The molecular weight excluding hydrogens is 396 g/mol. The van der Waals surface area contributed by atoms with E-state index in [-0.39, 0.29) is 5.56 Å². The summed E-state index contributed by atoms with van der Waals surface area (Å²) < 4.78 is 13.9. The molecule has 0 aliphatic carbocycles. The predicted octanol–water partition coefficient (Wildman–Crippen LogP) is 3.25. The Balaban J connectivity index is 1.58. The molecule has 1 aromatic heterocycles. The van der Waals surface area contributed by atoms with E-state index in [0.717, 1.165) is 47.7 Å². The van der Waals surface area contributed by atoms with Crippen molar-refractivity contribution in [3.8, 4) is 11.5 Å². The fourth-order valence-electron chi connectivity index (χ4n) is 4.41. The molecule has 0 amide bonds. The van der Waals surface area contributed by atoms with Gasteiger partial charge in [0.05, 0.1) is 18.7 Å². The summed E-state index contributed by atoms with van der Waals surface area (Å²) in [4.78, 5) is 14.6. The van der Waals surface area contributed by atoms with E-state index in [9.17, 15) is 4.79 Å². The van der Waals surface area contributed by atoms with Crippen molar-refractivity contribution < 1.29 is 9.47 Å². The number of likely N-dealkylation sites (tertiary alicyclic amines) is 1. The maximum atomic E-state index is 12.2. The van der Waals surface area contributed by atoms with Crippen LogP contribution in [0.3, 0.4) is 0 Å². The minimum atomic E-state index is 0.131. The molecule has 0 saturated carbocycles. The maximum Gasteiger partial charge on any atom is 0.250 e. The van der Waals surface area contributed by atoms with Gasteiger partial charge in [-0.1, -0.05) is 6.07 Å². The van der Waals surface area contributed by atoms with Gasteiger partial charge in [0.15, 0.2) is 0 Å². The zero-order valence-corrected chi connectivity index (χ0v) is 16.7. The van der Waals surface area contributed by atoms with Gasteiger partial charge in [0.25, 0.3) is 5.56 Å². The fourth-order valence-corrected chi connectivity index (χ4v) is 4.96. The average molecular weight is 419 g/mol. The van der Waals surface area contributed by atoms with Crippen LogP contribution in [0.2, 0.25) is 0 Å².